The molecule has 3 heterocycles. The predicted octanol–water partition coefficient (Wildman–Crippen LogP) is 5.16. The van der Waals surface area contributed by atoms with Crippen molar-refractivity contribution < 1.29 is 28.7 Å². The number of anilines is 1. The molecule has 2 aliphatic heterocycles. The van der Waals surface area contributed by atoms with Gasteiger partial charge in [0.05, 0.1) is 5.69 Å². The van der Waals surface area contributed by atoms with Crippen LogP contribution in [0, 0.1) is 11.8 Å². The van der Waals surface area contributed by atoms with E-state index in [2.05, 4.69) is 44.9 Å². The number of alkyl carbamates (subject to hydrolysis) is 2. The number of benzene rings is 1. The number of aromatic nitrogens is 2. The predicted molar refractivity (Wildman–Crippen MR) is 214 cm³/mol. The highest BCUT2D eigenvalue weighted by molar-refractivity contribution is 5.90. The molecule has 4 atom stereocenters. The number of urea groups is 1. The van der Waals surface area contributed by atoms with E-state index >= 15 is 0 Å². The molecule has 1 saturated carbocycles. The highest BCUT2D eigenvalue weighted by atomic mass is 16.6. The molecule has 3 N–H and O–H groups in total. The Bertz CT molecular complexity index is 1770. The van der Waals surface area contributed by atoms with Crippen LogP contribution >= 0.6 is 0 Å². The van der Waals surface area contributed by atoms with Gasteiger partial charge < -0.3 is 29.9 Å². The van der Waals surface area contributed by atoms with Crippen LogP contribution in [-0.2, 0) is 20.7 Å². The van der Waals surface area contributed by atoms with E-state index in [9.17, 15) is 24.0 Å². The zero-order valence-electron chi connectivity index (χ0n) is 34.6. The summed E-state index contributed by atoms with van der Waals surface area (Å²) in [4.78, 5) is 73.9. The van der Waals surface area contributed by atoms with E-state index in [1.165, 1.54) is 10.1 Å². The minimum atomic E-state index is -1.19. The molecule has 1 aliphatic carbocycles. The first-order valence-corrected chi connectivity index (χ1v) is 20.0. The van der Waals surface area contributed by atoms with E-state index in [4.69, 9.17) is 9.47 Å². The number of ether oxygens (including phenoxy) is 2. The number of carbonyl (C=O) groups excluding carboxylic acids is 4. The quantitative estimate of drug-likeness (QED) is 0.312. The highest BCUT2D eigenvalue weighted by Crippen LogP contribution is 2.38. The number of hydrogen-bond donors (Lipinski definition) is 3. The maximum absolute atomic E-state index is 13.2. The number of carbonyl (C=O) groups is 4. The largest absolute Gasteiger partial charge is 0.444 e. The number of fused-ring (bicyclic) bond motifs is 1. The van der Waals surface area contributed by atoms with Gasteiger partial charge in [0.1, 0.15) is 22.6 Å². The van der Waals surface area contributed by atoms with Crippen LogP contribution in [0.1, 0.15) is 93.6 Å². The molecule has 1 aromatic heterocycles. The van der Waals surface area contributed by atoms with E-state index in [0.717, 1.165) is 45.2 Å². The van der Waals surface area contributed by atoms with Crippen LogP contribution in [0.4, 0.5) is 20.2 Å². The van der Waals surface area contributed by atoms with Crippen molar-refractivity contribution in [3.05, 3.63) is 52.6 Å². The SMILES string of the molecule is CCC(Cc1ccc(-n2ccc(NC(=O)N3CCN(C(=O)C(C)(C)NC(=O)OC(C)(C)C)CC3)nc2=O)cc1)N1CC2CCC(NC(=O)OC(C)(C)C)CC2C1. The molecule has 308 valence electrons. The fourth-order valence-electron chi connectivity index (χ4n) is 7.95. The fourth-order valence-corrected chi connectivity index (χ4v) is 7.95. The molecule has 3 aliphatic rings. The van der Waals surface area contributed by atoms with Gasteiger partial charge in [-0.05, 0) is 123 Å². The normalized spacial score (nSPS) is 21.1. The minimum Gasteiger partial charge on any atom is -0.444 e. The number of nitrogens with one attached hydrogen (secondary N) is 3. The van der Waals surface area contributed by atoms with E-state index in [1.807, 2.05) is 32.9 Å². The Kier molecular flexibility index (Phi) is 13.1. The first-order valence-electron chi connectivity index (χ1n) is 20.0. The molecular formula is C41H62N8O7. The zero-order valence-corrected chi connectivity index (χ0v) is 34.6. The van der Waals surface area contributed by atoms with Crippen LogP contribution < -0.4 is 21.6 Å². The van der Waals surface area contributed by atoms with E-state index in [-0.39, 0.29) is 50.0 Å². The number of amides is 5. The first kappa shape index (κ1) is 42.5. The van der Waals surface area contributed by atoms with Crippen molar-refractivity contribution >= 4 is 29.9 Å². The minimum absolute atomic E-state index is 0.137. The van der Waals surface area contributed by atoms with Crippen LogP contribution in [0.3, 0.4) is 0 Å². The number of hydrogen-bond acceptors (Lipinski definition) is 9. The van der Waals surface area contributed by atoms with E-state index in [0.29, 0.717) is 23.6 Å². The van der Waals surface area contributed by atoms with Gasteiger partial charge >= 0.3 is 23.9 Å². The summed E-state index contributed by atoms with van der Waals surface area (Å²) in [6.45, 7) is 19.6. The van der Waals surface area contributed by atoms with Crippen LogP contribution in [0.15, 0.2) is 41.3 Å². The van der Waals surface area contributed by atoms with Gasteiger partial charge in [-0.3, -0.25) is 19.6 Å². The van der Waals surface area contributed by atoms with Gasteiger partial charge in [-0.15, -0.1) is 0 Å². The Morgan fingerprint density at radius 1 is 0.821 bits per heavy atom. The van der Waals surface area contributed by atoms with Gasteiger partial charge in [-0.25, -0.2) is 19.2 Å². The van der Waals surface area contributed by atoms with Crippen molar-refractivity contribution in [2.24, 2.45) is 11.8 Å². The summed E-state index contributed by atoms with van der Waals surface area (Å²) in [7, 11) is 0. The Labute approximate surface area is 330 Å². The van der Waals surface area contributed by atoms with Gasteiger partial charge in [0.15, 0.2) is 0 Å². The molecule has 2 aromatic rings. The smallest absolute Gasteiger partial charge is 0.408 e. The molecule has 0 spiro atoms. The van der Waals surface area contributed by atoms with Gasteiger partial charge in [0.2, 0.25) is 5.91 Å². The number of rotatable bonds is 9. The van der Waals surface area contributed by atoms with E-state index < -0.39 is 34.6 Å². The first-order chi connectivity index (χ1) is 26.2. The Morgan fingerprint density at radius 3 is 2.04 bits per heavy atom. The lowest BCUT2D eigenvalue weighted by Crippen LogP contribution is -2.60. The van der Waals surface area contributed by atoms with Crippen LogP contribution in [0.5, 0.6) is 0 Å². The van der Waals surface area contributed by atoms with Crippen molar-refractivity contribution in [3.8, 4) is 5.69 Å². The Morgan fingerprint density at radius 2 is 1.43 bits per heavy atom. The van der Waals surface area contributed by atoms with Gasteiger partial charge in [0, 0.05) is 57.5 Å². The summed E-state index contributed by atoms with van der Waals surface area (Å²) in [5.74, 6) is 1.06. The summed E-state index contributed by atoms with van der Waals surface area (Å²) in [5, 5.41) is 8.45. The lowest BCUT2D eigenvalue weighted by Gasteiger charge is -2.38. The summed E-state index contributed by atoms with van der Waals surface area (Å²) in [6, 6.07) is 9.68. The van der Waals surface area contributed by atoms with Crippen LogP contribution in [0.25, 0.3) is 5.69 Å². The molecule has 5 amide bonds. The molecule has 4 unspecified atom stereocenters. The third-order valence-electron chi connectivity index (χ3n) is 10.7. The van der Waals surface area contributed by atoms with Crippen LogP contribution in [0.2, 0.25) is 0 Å². The molecule has 0 radical (unpaired) electrons. The average Bonchev–Trinajstić information content (AvgIpc) is 3.52. The summed E-state index contributed by atoms with van der Waals surface area (Å²) in [5.41, 5.74) is -1.05. The summed E-state index contributed by atoms with van der Waals surface area (Å²) in [6.07, 6.45) is 5.58. The molecule has 5 rings (SSSR count). The number of piperazine rings is 1. The second-order valence-electron chi connectivity index (χ2n) is 18.0. The second-order valence-corrected chi connectivity index (χ2v) is 18.0. The number of likely N-dealkylation sites (tertiary alicyclic amines) is 1. The standard InChI is InChI=1S/C41H62N8O7/c1-10-31(48-25-28-13-14-30(24-29(28)26-48)42-37(53)55-39(2,3)4)23-27-11-15-32(16-12-27)49-18-17-33(44-36(49)52)43-35(51)47-21-19-46(20-22-47)34(50)41(8,9)45-38(54)56-40(5,6)7/h11-12,15-18,28-31H,10,13-14,19-26H2,1-9H3,(H,42,53)(H,45,54)(H,43,44,51,52). The van der Waals surface area contributed by atoms with E-state index in [1.54, 1.807) is 56.7 Å². The van der Waals surface area contributed by atoms with Gasteiger partial charge in [-0.2, -0.15) is 4.98 Å². The Balaban J connectivity index is 1.09. The third kappa shape index (κ3) is 11.5. The molecule has 0 bridgehead atoms. The summed E-state index contributed by atoms with van der Waals surface area (Å²) < 4.78 is 12.2. The third-order valence-corrected chi connectivity index (χ3v) is 10.7. The summed E-state index contributed by atoms with van der Waals surface area (Å²) >= 11 is 0. The monoisotopic (exact) mass is 778 g/mol. The highest BCUT2D eigenvalue weighted by Gasteiger charge is 2.40. The molecule has 15 nitrogen and oxygen atoms in total. The fraction of sp³-hybridized carbons (Fsp3) is 0.659. The van der Waals surface area contributed by atoms with Crippen molar-refractivity contribution in [1.82, 2.24) is 34.9 Å². The Hall–Kier alpha value is -4.66. The van der Waals surface area contributed by atoms with Gasteiger partial charge in [-0.1, -0.05) is 19.1 Å². The maximum Gasteiger partial charge on any atom is 0.408 e. The second kappa shape index (κ2) is 17.2. The molecule has 15 heteroatoms. The molecule has 2 saturated heterocycles. The number of nitrogens with zero attached hydrogens (tertiary/aromatic N) is 5. The van der Waals surface area contributed by atoms with Crippen molar-refractivity contribution in [2.45, 2.75) is 123 Å². The average molecular weight is 779 g/mol. The van der Waals surface area contributed by atoms with Gasteiger partial charge in [0.25, 0.3) is 0 Å². The zero-order chi connectivity index (χ0) is 41.0. The molecule has 56 heavy (non-hydrogen) atoms. The lowest BCUT2D eigenvalue weighted by molar-refractivity contribution is -0.138. The van der Waals surface area contributed by atoms with Crippen LogP contribution in [-0.4, -0.2) is 116 Å². The van der Waals surface area contributed by atoms with Crippen molar-refractivity contribution in [1.29, 1.82) is 0 Å². The topological polar surface area (TPSA) is 167 Å². The van der Waals surface area contributed by atoms with Crippen molar-refractivity contribution in [3.63, 3.8) is 0 Å². The molecule has 1 aromatic carbocycles. The molecular weight excluding hydrogens is 716 g/mol. The maximum atomic E-state index is 13.2. The lowest BCUT2D eigenvalue weighted by atomic mass is 9.79. The molecule has 3 fully saturated rings. The van der Waals surface area contributed by atoms with Crippen molar-refractivity contribution in [2.75, 3.05) is 44.6 Å².